The molecule has 0 atom stereocenters. The molecule has 1 aromatic carbocycles. The lowest BCUT2D eigenvalue weighted by Crippen LogP contribution is -2.45. The van der Waals surface area contributed by atoms with E-state index in [-0.39, 0.29) is 5.91 Å². The van der Waals surface area contributed by atoms with Crippen LogP contribution in [0.4, 0.5) is 0 Å². The third kappa shape index (κ3) is 4.98. The number of aliphatic imine (C=N–C) groups is 1. The number of hydrogen-bond donors (Lipinski definition) is 2. The number of nitrogens with one attached hydrogen (secondary N) is 2. The molecule has 0 unspecified atom stereocenters. The van der Waals surface area contributed by atoms with Crippen LogP contribution in [0.25, 0.3) is 0 Å². The summed E-state index contributed by atoms with van der Waals surface area (Å²) in [7, 11) is 3.47. The highest BCUT2D eigenvalue weighted by Gasteiger charge is 2.22. The quantitative estimate of drug-likeness (QED) is 0.648. The Balaban J connectivity index is 1.84. The van der Waals surface area contributed by atoms with Crippen molar-refractivity contribution in [2.45, 2.75) is 25.8 Å². The summed E-state index contributed by atoms with van der Waals surface area (Å²) in [6.45, 7) is 2.44. The summed E-state index contributed by atoms with van der Waals surface area (Å²) >= 11 is 0. The van der Waals surface area contributed by atoms with E-state index in [1.807, 2.05) is 18.2 Å². The minimum Gasteiger partial charge on any atom is -0.359 e. The molecule has 0 radical (unpaired) electrons. The van der Waals surface area contributed by atoms with Gasteiger partial charge in [0.25, 0.3) is 0 Å². The lowest BCUT2D eigenvalue weighted by Gasteiger charge is -2.34. The van der Waals surface area contributed by atoms with Crippen molar-refractivity contribution < 1.29 is 4.79 Å². The van der Waals surface area contributed by atoms with Crippen LogP contribution in [0.2, 0.25) is 0 Å². The van der Waals surface area contributed by atoms with Crippen molar-refractivity contribution in [2.75, 3.05) is 27.2 Å². The average molecular weight is 327 g/mol. The average Bonchev–Trinajstić information content (AvgIpc) is 2.63. The third-order valence-corrected chi connectivity index (χ3v) is 4.39. The number of hydrogen-bond acceptors (Lipinski definition) is 3. The summed E-state index contributed by atoms with van der Waals surface area (Å²) in [6, 6.07) is 9.73. The van der Waals surface area contributed by atoms with Gasteiger partial charge in [-0.05, 0) is 36.5 Å². The summed E-state index contributed by atoms with van der Waals surface area (Å²) in [5.41, 5.74) is 1.73. The molecule has 6 heteroatoms. The van der Waals surface area contributed by atoms with E-state index in [1.54, 1.807) is 20.2 Å². The zero-order valence-electron chi connectivity index (χ0n) is 14.4. The Labute approximate surface area is 143 Å². The first-order valence-electron chi connectivity index (χ1n) is 8.31. The number of likely N-dealkylation sites (tertiary alicyclic amines) is 1. The van der Waals surface area contributed by atoms with Gasteiger partial charge in [0.2, 0.25) is 5.91 Å². The highest BCUT2D eigenvalue weighted by atomic mass is 16.1. The molecule has 0 aromatic heterocycles. The molecule has 2 rings (SSSR count). The number of guanidine groups is 1. The van der Waals surface area contributed by atoms with Crippen molar-refractivity contribution in [1.82, 2.24) is 15.5 Å². The van der Waals surface area contributed by atoms with Gasteiger partial charge in [-0.2, -0.15) is 5.26 Å². The van der Waals surface area contributed by atoms with Crippen molar-refractivity contribution in [1.29, 1.82) is 5.26 Å². The van der Waals surface area contributed by atoms with E-state index in [1.165, 1.54) is 0 Å². The monoisotopic (exact) mass is 327 g/mol. The molecular formula is C18H25N5O. The van der Waals surface area contributed by atoms with Crippen molar-refractivity contribution in [3.8, 4) is 6.07 Å². The predicted molar refractivity (Wildman–Crippen MR) is 94.3 cm³/mol. The molecule has 0 spiro atoms. The zero-order chi connectivity index (χ0) is 17.4. The van der Waals surface area contributed by atoms with Gasteiger partial charge in [0, 0.05) is 40.2 Å². The summed E-state index contributed by atoms with van der Waals surface area (Å²) in [4.78, 5) is 18.1. The van der Waals surface area contributed by atoms with Gasteiger partial charge >= 0.3 is 0 Å². The van der Waals surface area contributed by atoms with E-state index in [4.69, 9.17) is 5.26 Å². The molecule has 6 nitrogen and oxygen atoms in total. The molecule has 1 saturated heterocycles. The Morgan fingerprint density at radius 3 is 2.79 bits per heavy atom. The number of piperidine rings is 1. The van der Waals surface area contributed by atoms with Crippen LogP contribution in [0.1, 0.15) is 30.4 Å². The van der Waals surface area contributed by atoms with Crippen LogP contribution in [0.3, 0.4) is 0 Å². The first-order chi connectivity index (χ1) is 11.7. The van der Waals surface area contributed by atoms with Gasteiger partial charge < -0.3 is 15.5 Å². The molecule has 0 saturated carbocycles. The number of amides is 1. The van der Waals surface area contributed by atoms with Crippen molar-refractivity contribution in [2.24, 2.45) is 10.9 Å². The van der Waals surface area contributed by atoms with Crippen LogP contribution in [0.15, 0.2) is 29.3 Å². The molecule has 0 bridgehead atoms. The van der Waals surface area contributed by atoms with Gasteiger partial charge in [0.1, 0.15) is 0 Å². The van der Waals surface area contributed by atoms with E-state index in [2.05, 4.69) is 26.6 Å². The summed E-state index contributed by atoms with van der Waals surface area (Å²) in [6.07, 6.45) is 2.60. The second-order valence-corrected chi connectivity index (χ2v) is 6.02. The Morgan fingerprint density at radius 2 is 2.17 bits per heavy atom. The van der Waals surface area contributed by atoms with Crippen LogP contribution < -0.4 is 10.6 Å². The number of carbonyl (C=O) groups is 1. The van der Waals surface area contributed by atoms with Crippen molar-refractivity contribution in [3.63, 3.8) is 0 Å². The fraction of sp³-hybridized carbons (Fsp3) is 0.500. The van der Waals surface area contributed by atoms with Gasteiger partial charge in [-0.25, -0.2) is 0 Å². The van der Waals surface area contributed by atoms with E-state index in [0.717, 1.165) is 37.5 Å². The van der Waals surface area contributed by atoms with Gasteiger partial charge in [-0.15, -0.1) is 0 Å². The second-order valence-electron chi connectivity index (χ2n) is 6.02. The summed E-state index contributed by atoms with van der Waals surface area (Å²) < 4.78 is 0. The first-order valence-corrected chi connectivity index (χ1v) is 8.31. The van der Waals surface area contributed by atoms with E-state index >= 15 is 0 Å². The third-order valence-electron chi connectivity index (χ3n) is 4.39. The topological polar surface area (TPSA) is 80.5 Å². The standard InChI is InChI=1S/C18H25N5O/c1-20-17(24)11-14-6-8-23(9-7-14)18(21-2)22-13-16-5-3-4-15(10-16)12-19/h3-5,10,14H,6-9,11,13H2,1-2H3,(H,20,24)(H,21,22). The minimum absolute atomic E-state index is 0.119. The van der Waals surface area contributed by atoms with Crippen molar-refractivity contribution >= 4 is 11.9 Å². The molecule has 1 fully saturated rings. The minimum atomic E-state index is 0.119. The second kappa shape index (κ2) is 8.92. The molecule has 24 heavy (non-hydrogen) atoms. The largest absolute Gasteiger partial charge is 0.359 e. The molecule has 1 heterocycles. The Morgan fingerprint density at radius 1 is 1.42 bits per heavy atom. The molecule has 1 amide bonds. The van der Waals surface area contributed by atoms with Gasteiger partial charge in [-0.1, -0.05) is 12.1 Å². The number of benzene rings is 1. The van der Waals surface area contributed by atoms with Crippen LogP contribution in [0.5, 0.6) is 0 Å². The van der Waals surface area contributed by atoms with Crippen molar-refractivity contribution in [3.05, 3.63) is 35.4 Å². The molecule has 128 valence electrons. The van der Waals surface area contributed by atoms with Gasteiger partial charge in [0.05, 0.1) is 11.6 Å². The number of nitriles is 1. The SMILES string of the molecule is CN=C(NCc1cccc(C#N)c1)N1CCC(CC(=O)NC)CC1. The van der Waals surface area contributed by atoms with E-state index in [9.17, 15) is 4.79 Å². The van der Waals surface area contributed by atoms with Crippen LogP contribution in [-0.4, -0.2) is 44.0 Å². The molecule has 1 aliphatic rings. The predicted octanol–water partition coefficient (Wildman–Crippen LogP) is 1.48. The fourth-order valence-corrected chi connectivity index (χ4v) is 2.98. The van der Waals surface area contributed by atoms with E-state index < -0.39 is 0 Å². The first kappa shape index (κ1) is 17.8. The summed E-state index contributed by atoms with van der Waals surface area (Å²) in [5.74, 6) is 1.44. The van der Waals surface area contributed by atoms with Crippen LogP contribution >= 0.6 is 0 Å². The van der Waals surface area contributed by atoms with Gasteiger partial charge in [-0.3, -0.25) is 9.79 Å². The highest BCUT2D eigenvalue weighted by molar-refractivity contribution is 5.80. The molecular weight excluding hydrogens is 302 g/mol. The summed E-state index contributed by atoms with van der Waals surface area (Å²) in [5, 5.41) is 15.0. The maximum absolute atomic E-state index is 11.5. The normalized spacial score (nSPS) is 15.7. The smallest absolute Gasteiger partial charge is 0.220 e. The Kier molecular flexibility index (Phi) is 6.62. The van der Waals surface area contributed by atoms with Gasteiger partial charge in [0.15, 0.2) is 5.96 Å². The van der Waals surface area contributed by atoms with E-state index in [0.29, 0.717) is 24.4 Å². The fourth-order valence-electron chi connectivity index (χ4n) is 2.98. The van der Waals surface area contributed by atoms with Crippen LogP contribution in [0, 0.1) is 17.2 Å². The molecule has 2 N–H and O–H groups in total. The molecule has 0 aliphatic carbocycles. The number of carbonyl (C=O) groups excluding carboxylic acids is 1. The number of nitrogens with zero attached hydrogens (tertiary/aromatic N) is 3. The number of rotatable bonds is 4. The Bertz CT molecular complexity index is 627. The maximum Gasteiger partial charge on any atom is 0.220 e. The highest BCUT2D eigenvalue weighted by Crippen LogP contribution is 2.20. The molecule has 1 aliphatic heterocycles. The lowest BCUT2D eigenvalue weighted by atomic mass is 9.93. The van der Waals surface area contributed by atoms with Crippen LogP contribution in [-0.2, 0) is 11.3 Å². The lowest BCUT2D eigenvalue weighted by molar-refractivity contribution is -0.121. The maximum atomic E-state index is 11.5. The Hall–Kier alpha value is -2.55. The zero-order valence-corrected chi connectivity index (χ0v) is 14.4. The molecule has 1 aromatic rings.